The first-order valence-corrected chi connectivity index (χ1v) is 5.49. The summed E-state index contributed by atoms with van der Waals surface area (Å²) in [6.45, 7) is 0.849. The van der Waals surface area contributed by atoms with Gasteiger partial charge in [0.1, 0.15) is 0 Å². The maximum absolute atomic E-state index is 11.8. The molecule has 1 aromatic rings. The molecule has 1 heterocycles. The number of aliphatic hydroxyl groups excluding tert-OH is 1. The Morgan fingerprint density at radius 1 is 1.44 bits per heavy atom. The van der Waals surface area contributed by atoms with E-state index in [1.807, 2.05) is 18.2 Å². The van der Waals surface area contributed by atoms with Crippen molar-refractivity contribution in [2.24, 2.45) is 0 Å². The highest BCUT2D eigenvalue weighted by Gasteiger charge is 2.24. The fourth-order valence-corrected chi connectivity index (χ4v) is 1.93. The lowest BCUT2D eigenvalue weighted by atomic mass is 10.1. The SMILES string of the molecule is O=C(NC1CNC(CO)C1)c1ccccc1. The lowest BCUT2D eigenvalue weighted by Gasteiger charge is -2.11. The Kier molecular flexibility index (Phi) is 3.54. The van der Waals surface area contributed by atoms with Crippen molar-refractivity contribution in [2.75, 3.05) is 13.2 Å². The minimum Gasteiger partial charge on any atom is -0.395 e. The molecule has 2 unspecified atom stereocenters. The topological polar surface area (TPSA) is 61.4 Å². The molecule has 0 spiro atoms. The molecule has 1 fully saturated rings. The van der Waals surface area contributed by atoms with Gasteiger partial charge < -0.3 is 15.7 Å². The molecular formula is C12H16N2O2. The number of aliphatic hydroxyl groups is 1. The molecule has 0 radical (unpaired) electrons. The van der Waals surface area contributed by atoms with E-state index in [0.717, 1.165) is 13.0 Å². The Hall–Kier alpha value is -1.39. The van der Waals surface area contributed by atoms with Crippen LogP contribution in [0.3, 0.4) is 0 Å². The van der Waals surface area contributed by atoms with E-state index in [2.05, 4.69) is 10.6 Å². The number of amides is 1. The largest absolute Gasteiger partial charge is 0.395 e. The molecule has 0 bridgehead atoms. The molecule has 1 aliphatic rings. The maximum atomic E-state index is 11.8. The Morgan fingerprint density at radius 3 is 2.81 bits per heavy atom. The van der Waals surface area contributed by atoms with Crippen LogP contribution in [0.5, 0.6) is 0 Å². The summed E-state index contributed by atoms with van der Waals surface area (Å²) < 4.78 is 0. The van der Waals surface area contributed by atoms with Crippen molar-refractivity contribution in [1.29, 1.82) is 0 Å². The molecule has 1 aromatic carbocycles. The lowest BCUT2D eigenvalue weighted by molar-refractivity contribution is 0.0939. The molecule has 4 heteroatoms. The molecule has 3 N–H and O–H groups in total. The minimum absolute atomic E-state index is 0.0500. The third kappa shape index (κ3) is 2.59. The Bertz CT molecular complexity index is 353. The van der Waals surface area contributed by atoms with Crippen molar-refractivity contribution in [2.45, 2.75) is 18.5 Å². The van der Waals surface area contributed by atoms with Crippen molar-refractivity contribution in [3.8, 4) is 0 Å². The summed E-state index contributed by atoms with van der Waals surface area (Å²) in [5.74, 6) is -0.0500. The van der Waals surface area contributed by atoms with Gasteiger partial charge in [0.15, 0.2) is 0 Å². The highest BCUT2D eigenvalue weighted by atomic mass is 16.3. The van der Waals surface area contributed by atoms with Gasteiger partial charge in [0.2, 0.25) is 0 Å². The second-order valence-electron chi connectivity index (χ2n) is 4.06. The summed E-state index contributed by atoms with van der Waals surface area (Å²) in [7, 11) is 0. The summed E-state index contributed by atoms with van der Waals surface area (Å²) >= 11 is 0. The number of hydrogen-bond acceptors (Lipinski definition) is 3. The zero-order valence-electron chi connectivity index (χ0n) is 9.02. The van der Waals surface area contributed by atoms with Gasteiger partial charge in [-0.25, -0.2) is 0 Å². The van der Waals surface area contributed by atoms with Gasteiger partial charge in [-0.2, -0.15) is 0 Å². The molecule has 86 valence electrons. The Morgan fingerprint density at radius 2 is 2.19 bits per heavy atom. The predicted octanol–water partition coefficient (Wildman–Crippen LogP) is 0.139. The lowest BCUT2D eigenvalue weighted by Crippen LogP contribution is -2.36. The molecule has 0 aliphatic carbocycles. The van der Waals surface area contributed by atoms with Gasteiger partial charge in [0.25, 0.3) is 5.91 Å². The van der Waals surface area contributed by atoms with Crippen LogP contribution in [0.1, 0.15) is 16.8 Å². The van der Waals surface area contributed by atoms with E-state index in [9.17, 15) is 4.79 Å². The van der Waals surface area contributed by atoms with Crippen molar-refractivity contribution in [1.82, 2.24) is 10.6 Å². The zero-order valence-corrected chi connectivity index (χ0v) is 9.02. The summed E-state index contributed by atoms with van der Waals surface area (Å²) in [6, 6.07) is 9.39. The first-order chi connectivity index (χ1) is 7.79. The van der Waals surface area contributed by atoms with E-state index >= 15 is 0 Å². The van der Waals surface area contributed by atoms with Crippen LogP contribution in [-0.2, 0) is 0 Å². The number of rotatable bonds is 3. The van der Waals surface area contributed by atoms with Crippen molar-refractivity contribution in [3.05, 3.63) is 35.9 Å². The van der Waals surface area contributed by atoms with Gasteiger partial charge in [-0.3, -0.25) is 4.79 Å². The molecule has 4 nitrogen and oxygen atoms in total. The fraction of sp³-hybridized carbons (Fsp3) is 0.417. The number of carbonyl (C=O) groups is 1. The van der Waals surface area contributed by atoms with E-state index < -0.39 is 0 Å². The van der Waals surface area contributed by atoms with Crippen molar-refractivity contribution >= 4 is 5.91 Å². The normalized spacial score (nSPS) is 24.3. The number of carbonyl (C=O) groups excluding carboxylic acids is 1. The summed E-state index contributed by atoms with van der Waals surface area (Å²) in [4.78, 5) is 11.8. The smallest absolute Gasteiger partial charge is 0.251 e. The average Bonchev–Trinajstić information content (AvgIpc) is 2.78. The van der Waals surface area contributed by atoms with Crippen LogP contribution in [0.25, 0.3) is 0 Å². The number of hydrogen-bond donors (Lipinski definition) is 3. The molecule has 0 saturated carbocycles. The van der Waals surface area contributed by atoms with Crippen LogP contribution in [0.15, 0.2) is 30.3 Å². The van der Waals surface area contributed by atoms with Crippen molar-refractivity contribution in [3.63, 3.8) is 0 Å². The van der Waals surface area contributed by atoms with Gasteiger partial charge in [-0.1, -0.05) is 18.2 Å². The summed E-state index contributed by atoms with van der Waals surface area (Å²) in [5, 5.41) is 15.1. The fourth-order valence-electron chi connectivity index (χ4n) is 1.93. The third-order valence-corrected chi connectivity index (χ3v) is 2.81. The van der Waals surface area contributed by atoms with Crippen LogP contribution in [0, 0.1) is 0 Å². The van der Waals surface area contributed by atoms with Crippen molar-refractivity contribution < 1.29 is 9.90 Å². The first kappa shape index (κ1) is 11.1. The van der Waals surface area contributed by atoms with Crippen LogP contribution in [0.2, 0.25) is 0 Å². The van der Waals surface area contributed by atoms with Gasteiger partial charge in [0.05, 0.1) is 6.61 Å². The van der Waals surface area contributed by atoms with Gasteiger partial charge in [-0.15, -0.1) is 0 Å². The molecule has 1 amide bonds. The summed E-state index contributed by atoms with van der Waals surface area (Å²) in [5.41, 5.74) is 0.676. The highest BCUT2D eigenvalue weighted by Crippen LogP contribution is 2.07. The average molecular weight is 220 g/mol. The number of benzene rings is 1. The molecule has 2 rings (SSSR count). The van der Waals surface area contributed by atoms with E-state index in [4.69, 9.17) is 5.11 Å². The van der Waals surface area contributed by atoms with Crippen LogP contribution in [-0.4, -0.2) is 36.2 Å². The van der Waals surface area contributed by atoms with Crippen LogP contribution < -0.4 is 10.6 Å². The maximum Gasteiger partial charge on any atom is 0.251 e. The van der Waals surface area contributed by atoms with E-state index in [1.165, 1.54) is 0 Å². The second-order valence-corrected chi connectivity index (χ2v) is 4.06. The quantitative estimate of drug-likeness (QED) is 0.679. The number of nitrogens with one attached hydrogen (secondary N) is 2. The minimum atomic E-state index is -0.0500. The second kappa shape index (κ2) is 5.09. The standard InChI is InChI=1S/C12H16N2O2/c15-8-11-6-10(7-13-11)14-12(16)9-4-2-1-3-5-9/h1-5,10-11,13,15H,6-8H2,(H,14,16). The zero-order chi connectivity index (χ0) is 11.4. The van der Waals surface area contributed by atoms with E-state index in [0.29, 0.717) is 5.56 Å². The van der Waals surface area contributed by atoms with E-state index in [1.54, 1.807) is 12.1 Å². The molecular weight excluding hydrogens is 204 g/mol. The van der Waals surface area contributed by atoms with Crippen LogP contribution >= 0.6 is 0 Å². The molecule has 2 atom stereocenters. The molecule has 16 heavy (non-hydrogen) atoms. The Labute approximate surface area is 94.7 Å². The van der Waals surface area contributed by atoms with E-state index in [-0.39, 0.29) is 24.6 Å². The van der Waals surface area contributed by atoms with Gasteiger partial charge in [-0.05, 0) is 18.6 Å². The van der Waals surface area contributed by atoms with Gasteiger partial charge >= 0.3 is 0 Å². The predicted molar refractivity (Wildman–Crippen MR) is 61.2 cm³/mol. The molecule has 1 saturated heterocycles. The highest BCUT2D eigenvalue weighted by molar-refractivity contribution is 5.94. The van der Waals surface area contributed by atoms with Gasteiger partial charge in [0, 0.05) is 24.2 Å². The molecule has 0 aromatic heterocycles. The van der Waals surface area contributed by atoms with Crippen LogP contribution in [0.4, 0.5) is 0 Å². The third-order valence-electron chi connectivity index (χ3n) is 2.81. The first-order valence-electron chi connectivity index (χ1n) is 5.49. The Balaban J connectivity index is 1.89. The summed E-state index contributed by atoms with van der Waals surface area (Å²) in [6.07, 6.45) is 0.787. The molecule has 1 aliphatic heterocycles. The monoisotopic (exact) mass is 220 g/mol.